The van der Waals surface area contributed by atoms with Crippen LogP contribution in [0.1, 0.15) is 59.3 Å². The molecule has 0 aliphatic heterocycles. The lowest BCUT2D eigenvalue weighted by Gasteiger charge is -2.19. The van der Waals surface area contributed by atoms with Crippen molar-refractivity contribution in [2.45, 2.75) is 59.3 Å². The van der Waals surface area contributed by atoms with Crippen LogP contribution in [-0.2, 0) is 4.79 Å². The van der Waals surface area contributed by atoms with Crippen LogP contribution in [-0.4, -0.2) is 37.5 Å². The van der Waals surface area contributed by atoms with Crippen molar-refractivity contribution in [1.82, 2.24) is 10.2 Å². The zero-order valence-electron chi connectivity index (χ0n) is 12.8. The largest absolute Gasteiger partial charge is 0.346 e. The first-order valence-electron chi connectivity index (χ1n) is 7.55. The zero-order chi connectivity index (χ0) is 13.8. The third-order valence-electron chi connectivity index (χ3n) is 3.17. The second-order valence-corrected chi connectivity index (χ2v) is 5.43. The van der Waals surface area contributed by atoms with E-state index < -0.39 is 0 Å². The molecule has 0 aliphatic carbocycles. The van der Waals surface area contributed by atoms with Crippen molar-refractivity contribution in [3.8, 4) is 0 Å². The molecule has 0 aliphatic rings. The molecule has 18 heavy (non-hydrogen) atoms. The summed E-state index contributed by atoms with van der Waals surface area (Å²) in [5.41, 5.74) is 0. The van der Waals surface area contributed by atoms with Crippen LogP contribution < -0.4 is 5.32 Å². The number of amides is 1. The molecule has 3 heteroatoms. The second-order valence-electron chi connectivity index (χ2n) is 5.43. The topological polar surface area (TPSA) is 32.3 Å². The lowest BCUT2D eigenvalue weighted by Crippen LogP contribution is -2.31. The highest BCUT2D eigenvalue weighted by Crippen LogP contribution is 2.02. The molecule has 0 spiro atoms. The van der Waals surface area contributed by atoms with Crippen molar-refractivity contribution < 1.29 is 4.79 Å². The summed E-state index contributed by atoms with van der Waals surface area (Å²) in [5.74, 6) is 0.378. The Hall–Kier alpha value is -0.570. The van der Waals surface area contributed by atoms with Gasteiger partial charge in [-0.15, -0.1) is 0 Å². The van der Waals surface area contributed by atoms with Crippen molar-refractivity contribution in [2.75, 3.05) is 26.7 Å². The fourth-order valence-corrected chi connectivity index (χ4v) is 1.95. The van der Waals surface area contributed by atoms with Gasteiger partial charge in [-0.3, -0.25) is 4.79 Å². The highest BCUT2D eigenvalue weighted by atomic mass is 16.2. The van der Waals surface area contributed by atoms with E-state index in [-0.39, 0.29) is 11.8 Å². The van der Waals surface area contributed by atoms with E-state index in [1.54, 1.807) is 0 Å². The summed E-state index contributed by atoms with van der Waals surface area (Å²) in [4.78, 5) is 13.5. The standard InChI is InChI=1S/C15H32N2O/c1-5-6-8-11-16-12-9-7-10-13-17(4)15(18)14(2)3/h14,16H,5-13H2,1-4H3. The normalized spacial score (nSPS) is 10.9. The number of nitrogens with zero attached hydrogens (tertiary/aromatic N) is 1. The summed E-state index contributed by atoms with van der Waals surface area (Å²) < 4.78 is 0. The fraction of sp³-hybridized carbons (Fsp3) is 0.933. The number of carbonyl (C=O) groups excluding carboxylic acids is 1. The SMILES string of the molecule is CCCCCNCCCCCN(C)C(=O)C(C)C. The molecule has 1 amide bonds. The van der Waals surface area contributed by atoms with Gasteiger partial charge in [0.25, 0.3) is 0 Å². The van der Waals surface area contributed by atoms with Crippen molar-refractivity contribution in [2.24, 2.45) is 5.92 Å². The second kappa shape index (κ2) is 11.5. The predicted molar refractivity (Wildman–Crippen MR) is 78.7 cm³/mol. The molecule has 0 aromatic rings. The van der Waals surface area contributed by atoms with E-state index in [1.807, 2.05) is 25.8 Å². The monoisotopic (exact) mass is 256 g/mol. The predicted octanol–water partition coefficient (Wildman–Crippen LogP) is 3.05. The number of carbonyl (C=O) groups is 1. The summed E-state index contributed by atoms with van der Waals surface area (Å²) in [7, 11) is 1.91. The van der Waals surface area contributed by atoms with Gasteiger partial charge in [-0.2, -0.15) is 0 Å². The average molecular weight is 256 g/mol. The van der Waals surface area contributed by atoms with Crippen LogP contribution in [0, 0.1) is 5.92 Å². The Labute approximate surface area is 113 Å². The minimum absolute atomic E-state index is 0.121. The van der Waals surface area contributed by atoms with E-state index in [1.165, 1.54) is 32.1 Å². The molecule has 0 unspecified atom stereocenters. The highest BCUT2D eigenvalue weighted by molar-refractivity contribution is 5.77. The van der Waals surface area contributed by atoms with Gasteiger partial charge in [0.1, 0.15) is 0 Å². The quantitative estimate of drug-likeness (QED) is 0.576. The summed E-state index contributed by atoms with van der Waals surface area (Å²) in [5, 5.41) is 3.47. The van der Waals surface area contributed by atoms with Gasteiger partial charge < -0.3 is 10.2 Å². The molecule has 3 nitrogen and oxygen atoms in total. The first-order valence-corrected chi connectivity index (χ1v) is 7.55. The molecule has 0 aromatic carbocycles. The Morgan fingerprint density at radius 1 is 1.06 bits per heavy atom. The summed E-state index contributed by atoms with van der Waals surface area (Å²) >= 11 is 0. The molecule has 1 N–H and O–H groups in total. The Balaban J connectivity index is 3.27. The van der Waals surface area contributed by atoms with E-state index in [2.05, 4.69) is 12.2 Å². The van der Waals surface area contributed by atoms with Gasteiger partial charge in [-0.05, 0) is 32.4 Å². The number of nitrogens with one attached hydrogen (secondary N) is 1. The summed E-state index contributed by atoms with van der Waals surface area (Å²) in [6.07, 6.45) is 7.45. The van der Waals surface area contributed by atoms with Crippen molar-refractivity contribution in [1.29, 1.82) is 0 Å². The number of hydrogen-bond donors (Lipinski definition) is 1. The first kappa shape index (κ1) is 17.4. The number of hydrogen-bond acceptors (Lipinski definition) is 2. The van der Waals surface area contributed by atoms with Gasteiger partial charge in [0.05, 0.1) is 0 Å². The van der Waals surface area contributed by atoms with Crippen LogP contribution in [0.15, 0.2) is 0 Å². The Morgan fingerprint density at radius 3 is 2.22 bits per heavy atom. The number of unbranched alkanes of at least 4 members (excludes halogenated alkanes) is 4. The molecule has 0 saturated heterocycles. The zero-order valence-corrected chi connectivity index (χ0v) is 12.8. The fourth-order valence-electron chi connectivity index (χ4n) is 1.95. The summed E-state index contributed by atoms with van der Waals surface area (Å²) in [6.45, 7) is 9.31. The first-order chi connectivity index (χ1) is 8.59. The van der Waals surface area contributed by atoms with Crippen LogP contribution in [0.25, 0.3) is 0 Å². The maximum absolute atomic E-state index is 11.6. The maximum atomic E-state index is 11.6. The Morgan fingerprint density at radius 2 is 1.67 bits per heavy atom. The van der Waals surface area contributed by atoms with Gasteiger partial charge in [0.15, 0.2) is 0 Å². The van der Waals surface area contributed by atoms with E-state index in [9.17, 15) is 4.79 Å². The van der Waals surface area contributed by atoms with Crippen LogP contribution in [0.4, 0.5) is 0 Å². The lowest BCUT2D eigenvalue weighted by molar-refractivity contribution is -0.133. The molecule has 0 fully saturated rings. The molecular formula is C15H32N2O. The Kier molecular flexibility index (Phi) is 11.2. The molecule has 0 heterocycles. The minimum atomic E-state index is 0.121. The van der Waals surface area contributed by atoms with Gasteiger partial charge in [0, 0.05) is 19.5 Å². The average Bonchev–Trinajstić information content (AvgIpc) is 2.35. The van der Waals surface area contributed by atoms with Crippen LogP contribution >= 0.6 is 0 Å². The van der Waals surface area contributed by atoms with E-state index in [0.29, 0.717) is 0 Å². The van der Waals surface area contributed by atoms with Crippen molar-refractivity contribution in [3.05, 3.63) is 0 Å². The van der Waals surface area contributed by atoms with Gasteiger partial charge in [-0.25, -0.2) is 0 Å². The van der Waals surface area contributed by atoms with Gasteiger partial charge in [0.2, 0.25) is 5.91 Å². The van der Waals surface area contributed by atoms with Crippen LogP contribution in [0.5, 0.6) is 0 Å². The molecule has 0 atom stereocenters. The van der Waals surface area contributed by atoms with E-state index in [0.717, 1.165) is 26.1 Å². The molecule has 0 rings (SSSR count). The van der Waals surface area contributed by atoms with Crippen molar-refractivity contribution in [3.63, 3.8) is 0 Å². The van der Waals surface area contributed by atoms with Crippen LogP contribution in [0.3, 0.4) is 0 Å². The molecule has 108 valence electrons. The summed E-state index contributed by atoms with van der Waals surface area (Å²) in [6, 6.07) is 0. The van der Waals surface area contributed by atoms with E-state index >= 15 is 0 Å². The van der Waals surface area contributed by atoms with Gasteiger partial charge >= 0.3 is 0 Å². The molecule has 0 aromatic heterocycles. The third-order valence-corrected chi connectivity index (χ3v) is 3.17. The molecule has 0 radical (unpaired) electrons. The van der Waals surface area contributed by atoms with Crippen LogP contribution in [0.2, 0.25) is 0 Å². The lowest BCUT2D eigenvalue weighted by atomic mass is 10.1. The smallest absolute Gasteiger partial charge is 0.224 e. The highest BCUT2D eigenvalue weighted by Gasteiger charge is 2.11. The number of rotatable bonds is 11. The Bertz CT molecular complexity index is 205. The minimum Gasteiger partial charge on any atom is -0.346 e. The van der Waals surface area contributed by atoms with Gasteiger partial charge in [-0.1, -0.05) is 40.0 Å². The maximum Gasteiger partial charge on any atom is 0.224 e. The molecule has 0 saturated carbocycles. The molecular weight excluding hydrogens is 224 g/mol. The third kappa shape index (κ3) is 9.46. The van der Waals surface area contributed by atoms with Crippen molar-refractivity contribution >= 4 is 5.91 Å². The molecule has 0 bridgehead atoms. The van der Waals surface area contributed by atoms with E-state index in [4.69, 9.17) is 0 Å².